The minimum atomic E-state index is -0.0161. The highest BCUT2D eigenvalue weighted by Gasteiger charge is 2.18. The van der Waals surface area contributed by atoms with Crippen molar-refractivity contribution >= 4 is 5.91 Å². The fourth-order valence-corrected chi connectivity index (χ4v) is 2.79. The summed E-state index contributed by atoms with van der Waals surface area (Å²) < 4.78 is 6.97. The van der Waals surface area contributed by atoms with Crippen molar-refractivity contribution in [3.8, 4) is 11.4 Å². The molecule has 1 amide bonds. The fourth-order valence-electron chi connectivity index (χ4n) is 2.79. The molecule has 0 spiro atoms. The molecule has 5 nitrogen and oxygen atoms in total. The maximum atomic E-state index is 12.7. The molecule has 3 aromatic rings. The third-order valence-corrected chi connectivity index (χ3v) is 4.58. The lowest BCUT2D eigenvalue weighted by atomic mass is 10.1. The van der Waals surface area contributed by atoms with Gasteiger partial charge < -0.3 is 9.64 Å². The standard InChI is InChI=1S/C21H23N3O2/c1-16(18-9-11-20(26-3)12-10-18)23(2)21(25)13-17-14-22-24(15-17)19-7-5-4-6-8-19/h4-12,14-16H,13H2,1-3H3. The molecule has 1 aromatic heterocycles. The first-order valence-electron chi connectivity index (χ1n) is 8.57. The van der Waals surface area contributed by atoms with Crippen molar-refractivity contribution < 1.29 is 9.53 Å². The van der Waals surface area contributed by atoms with Gasteiger partial charge in [-0.1, -0.05) is 30.3 Å². The molecule has 0 N–H and O–H groups in total. The van der Waals surface area contributed by atoms with E-state index in [0.29, 0.717) is 6.42 Å². The van der Waals surface area contributed by atoms with E-state index in [0.717, 1.165) is 22.6 Å². The van der Waals surface area contributed by atoms with Crippen LogP contribution in [0.3, 0.4) is 0 Å². The van der Waals surface area contributed by atoms with Crippen molar-refractivity contribution in [1.82, 2.24) is 14.7 Å². The Morgan fingerprint density at radius 2 is 1.85 bits per heavy atom. The molecule has 5 heteroatoms. The van der Waals surface area contributed by atoms with Gasteiger partial charge in [0.05, 0.1) is 31.5 Å². The Labute approximate surface area is 153 Å². The lowest BCUT2D eigenvalue weighted by molar-refractivity contribution is -0.131. The smallest absolute Gasteiger partial charge is 0.227 e. The lowest BCUT2D eigenvalue weighted by Gasteiger charge is -2.25. The van der Waals surface area contributed by atoms with Gasteiger partial charge in [-0.2, -0.15) is 5.10 Å². The fraction of sp³-hybridized carbons (Fsp3) is 0.238. The molecule has 134 valence electrons. The van der Waals surface area contributed by atoms with Crippen LogP contribution in [0.4, 0.5) is 0 Å². The van der Waals surface area contributed by atoms with Crippen LogP contribution in [-0.2, 0) is 11.2 Å². The predicted octanol–water partition coefficient (Wildman–Crippen LogP) is 3.64. The lowest BCUT2D eigenvalue weighted by Crippen LogP contribution is -2.30. The number of carbonyl (C=O) groups excluding carboxylic acids is 1. The van der Waals surface area contributed by atoms with Gasteiger partial charge in [-0.15, -0.1) is 0 Å². The Balaban J connectivity index is 1.66. The molecule has 0 saturated heterocycles. The second kappa shape index (κ2) is 7.87. The number of methoxy groups -OCH3 is 1. The second-order valence-electron chi connectivity index (χ2n) is 6.26. The van der Waals surface area contributed by atoms with Crippen LogP contribution in [0.1, 0.15) is 24.1 Å². The van der Waals surface area contributed by atoms with Gasteiger partial charge in [0.2, 0.25) is 5.91 Å². The van der Waals surface area contributed by atoms with Crippen LogP contribution in [0.15, 0.2) is 67.0 Å². The Kier molecular flexibility index (Phi) is 5.37. The van der Waals surface area contributed by atoms with Crippen LogP contribution in [-0.4, -0.2) is 34.7 Å². The average molecular weight is 349 g/mol. The molecule has 2 aromatic carbocycles. The van der Waals surface area contributed by atoms with Crippen molar-refractivity contribution in [3.05, 3.63) is 78.1 Å². The number of para-hydroxylation sites is 1. The number of amides is 1. The van der Waals surface area contributed by atoms with Crippen LogP contribution in [0.25, 0.3) is 5.69 Å². The summed E-state index contributed by atoms with van der Waals surface area (Å²) in [6.45, 7) is 2.02. The van der Waals surface area contributed by atoms with Crippen LogP contribution in [0.2, 0.25) is 0 Å². The zero-order chi connectivity index (χ0) is 18.5. The predicted molar refractivity (Wildman–Crippen MR) is 101 cm³/mol. The van der Waals surface area contributed by atoms with E-state index >= 15 is 0 Å². The quantitative estimate of drug-likeness (QED) is 0.682. The molecule has 0 radical (unpaired) electrons. The average Bonchev–Trinajstić information content (AvgIpc) is 3.16. The third-order valence-electron chi connectivity index (χ3n) is 4.58. The Hall–Kier alpha value is -3.08. The van der Waals surface area contributed by atoms with E-state index in [-0.39, 0.29) is 11.9 Å². The van der Waals surface area contributed by atoms with Crippen LogP contribution in [0, 0.1) is 0 Å². The van der Waals surface area contributed by atoms with Crippen LogP contribution in [0.5, 0.6) is 5.75 Å². The molecule has 0 aliphatic rings. The topological polar surface area (TPSA) is 47.4 Å². The maximum Gasteiger partial charge on any atom is 0.227 e. The van der Waals surface area contributed by atoms with E-state index in [9.17, 15) is 4.79 Å². The molecular weight excluding hydrogens is 326 g/mol. The summed E-state index contributed by atoms with van der Waals surface area (Å²) in [5.74, 6) is 0.865. The summed E-state index contributed by atoms with van der Waals surface area (Å²) >= 11 is 0. The number of rotatable bonds is 6. The number of aromatic nitrogens is 2. The number of likely N-dealkylation sites (N-methyl/N-ethyl adjacent to an activating group) is 1. The van der Waals surface area contributed by atoms with E-state index < -0.39 is 0 Å². The van der Waals surface area contributed by atoms with Gasteiger partial charge in [0, 0.05) is 13.2 Å². The van der Waals surface area contributed by atoms with Gasteiger partial charge in [0.1, 0.15) is 5.75 Å². The number of benzene rings is 2. The zero-order valence-electron chi connectivity index (χ0n) is 15.3. The summed E-state index contributed by atoms with van der Waals surface area (Å²) in [6.07, 6.45) is 3.97. The summed E-state index contributed by atoms with van der Waals surface area (Å²) in [5.41, 5.74) is 2.94. The molecule has 26 heavy (non-hydrogen) atoms. The highest BCUT2D eigenvalue weighted by atomic mass is 16.5. The van der Waals surface area contributed by atoms with E-state index in [2.05, 4.69) is 5.10 Å². The van der Waals surface area contributed by atoms with Crippen molar-refractivity contribution in [1.29, 1.82) is 0 Å². The summed E-state index contributed by atoms with van der Waals surface area (Å²) in [5, 5.41) is 4.35. The van der Waals surface area contributed by atoms with Crippen molar-refractivity contribution in [2.45, 2.75) is 19.4 Å². The minimum absolute atomic E-state index is 0.0161. The Bertz CT molecular complexity index is 856. The van der Waals surface area contributed by atoms with Gasteiger partial charge in [0.15, 0.2) is 0 Å². The maximum absolute atomic E-state index is 12.7. The third kappa shape index (κ3) is 3.94. The first kappa shape index (κ1) is 17.7. The van der Waals surface area contributed by atoms with E-state index in [1.807, 2.05) is 74.8 Å². The SMILES string of the molecule is COc1ccc(C(C)N(C)C(=O)Cc2cnn(-c3ccccc3)c2)cc1. The first-order chi connectivity index (χ1) is 12.6. The number of hydrogen-bond acceptors (Lipinski definition) is 3. The van der Waals surface area contributed by atoms with Gasteiger partial charge in [-0.3, -0.25) is 4.79 Å². The monoisotopic (exact) mass is 349 g/mol. The van der Waals surface area contributed by atoms with E-state index in [1.54, 1.807) is 22.9 Å². The van der Waals surface area contributed by atoms with Crippen molar-refractivity contribution in [2.24, 2.45) is 0 Å². The Morgan fingerprint density at radius 3 is 2.50 bits per heavy atom. The molecule has 1 heterocycles. The van der Waals surface area contributed by atoms with Gasteiger partial charge in [-0.25, -0.2) is 4.68 Å². The van der Waals surface area contributed by atoms with Crippen molar-refractivity contribution in [3.63, 3.8) is 0 Å². The molecule has 0 fully saturated rings. The molecular formula is C21H23N3O2. The van der Waals surface area contributed by atoms with Crippen LogP contribution < -0.4 is 4.74 Å². The number of nitrogens with zero attached hydrogens (tertiary/aromatic N) is 3. The molecule has 0 saturated carbocycles. The van der Waals surface area contributed by atoms with Gasteiger partial charge in [0.25, 0.3) is 0 Å². The number of hydrogen-bond donors (Lipinski definition) is 0. The van der Waals surface area contributed by atoms with Crippen molar-refractivity contribution in [2.75, 3.05) is 14.2 Å². The zero-order valence-corrected chi connectivity index (χ0v) is 15.3. The minimum Gasteiger partial charge on any atom is -0.497 e. The molecule has 0 aliphatic carbocycles. The number of carbonyl (C=O) groups is 1. The molecule has 0 bridgehead atoms. The van der Waals surface area contributed by atoms with Gasteiger partial charge >= 0.3 is 0 Å². The highest BCUT2D eigenvalue weighted by molar-refractivity contribution is 5.78. The van der Waals surface area contributed by atoms with Crippen LogP contribution >= 0.6 is 0 Å². The van der Waals surface area contributed by atoms with Gasteiger partial charge in [-0.05, 0) is 42.3 Å². The first-order valence-corrected chi connectivity index (χ1v) is 8.57. The summed E-state index contributed by atoms with van der Waals surface area (Å²) in [7, 11) is 3.47. The normalized spacial score (nSPS) is 11.8. The summed E-state index contributed by atoms with van der Waals surface area (Å²) in [6, 6.07) is 17.6. The second-order valence-corrected chi connectivity index (χ2v) is 6.26. The largest absolute Gasteiger partial charge is 0.497 e. The van der Waals surface area contributed by atoms with E-state index in [4.69, 9.17) is 4.74 Å². The molecule has 1 atom stereocenters. The Morgan fingerprint density at radius 1 is 1.15 bits per heavy atom. The summed E-state index contributed by atoms with van der Waals surface area (Å²) in [4.78, 5) is 14.4. The molecule has 0 aliphatic heterocycles. The molecule has 3 rings (SSSR count). The van der Waals surface area contributed by atoms with E-state index in [1.165, 1.54) is 0 Å². The highest BCUT2D eigenvalue weighted by Crippen LogP contribution is 2.22. The number of ether oxygens (including phenoxy) is 1. The molecule has 1 unspecified atom stereocenters.